The maximum atomic E-state index is 13.7. The summed E-state index contributed by atoms with van der Waals surface area (Å²) in [5.41, 5.74) is -0.107. The molecule has 0 spiro atoms. The fourth-order valence-corrected chi connectivity index (χ4v) is 9.69. The number of nitrogens with one attached hydrogen (secondary N) is 2. The van der Waals surface area contributed by atoms with E-state index in [0.717, 1.165) is 60.8 Å². The SMILES string of the molecule is CC(C)(O)C1c2ccccc2CCN1C(=O)CNCC1(OC(=O)C(=O)OC2(CNCC(=O)N3CCc4ccccc4C3C(C)(C)O)CCCCC2)CCCCC1. The Hall–Kier alpha value is -3.84. The molecule has 56 heavy (non-hydrogen) atoms. The Morgan fingerprint density at radius 2 is 0.982 bits per heavy atom. The van der Waals surface area contributed by atoms with E-state index in [4.69, 9.17) is 9.47 Å². The van der Waals surface area contributed by atoms with Crippen molar-refractivity contribution in [1.29, 1.82) is 0 Å². The molecule has 2 aromatic rings. The normalized spacial score (nSPS) is 22.0. The Morgan fingerprint density at radius 1 is 0.625 bits per heavy atom. The molecule has 2 aliphatic carbocycles. The van der Waals surface area contributed by atoms with E-state index in [2.05, 4.69) is 10.6 Å². The summed E-state index contributed by atoms with van der Waals surface area (Å²) in [4.78, 5) is 57.8. The molecule has 2 atom stereocenters. The van der Waals surface area contributed by atoms with Gasteiger partial charge in [0.1, 0.15) is 11.2 Å². The van der Waals surface area contributed by atoms with Crippen LogP contribution in [0.4, 0.5) is 0 Å². The van der Waals surface area contributed by atoms with Crippen molar-refractivity contribution in [3.05, 3.63) is 70.8 Å². The number of rotatable bonds is 12. The van der Waals surface area contributed by atoms with E-state index < -0.39 is 46.4 Å². The highest BCUT2D eigenvalue weighted by atomic mass is 16.6. The zero-order valence-corrected chi connectivity index (χ0v) is 33.7. The largest absolute Gasteiger partial charge is 0.449 e. The monoisotopic (exact) mass is 774 g/mol. The lowest BCUT2D eigenvalue weighted by atomic mass is 9.83. The Labute approximate surface area is 331 Å². The molecule has 2 heterocycles. The highest BCUT2D eigenvalue weighted by Crippen LogP contribution is 2.39. The first-order valence-electron chi connectivity index (χ1n) is 20.7. The van der Waals surface area contributed by atoms with Crippen molar-refractivity contribution in [3.8, 4) is 0 Å². The van der Waals surface area contributed by atoms with Gasteiger partial charge in [-0.05, 0) is 114 Å². The number of nitrogens with zero attached hydrogens (tertiary/aromatic N) is 2. The maximum Gasteiger partial charge on any atom is 0.418 e. The highest BCUT2D eigenvalue weighted by molar-refractivity contribution is 6.30. The van der Waals surface area contributed by atoms with Crippen molar-refractivity contribution >= 4 is 23.8 Å². The lowest BCUT2D eigenvalue weighted by Crippen LogP contribution is -2.54. The van der Waals surface area contributed by atoms with Crippen LogP contribution in [0.1, 0.15) is 126 Å². The summed E-state index contributed by atoms with van der Waals surface area (Å²) in [6.45, 7) is 8.25. The van der Waals surface area contributed by atoms with Crippen LogP contribution < -0.4 is 10.6 Å². The summed E-state index contributed by atoms with van der Waals surface area (Å²) in [5, 5.41) is 28.7. The van der Waals surface area contributed by atoms with Crippen LogP contribution in [0.3, 0.4) is 0 Å². The number of ether oxygens (including phenoxy) is 2. The number of aliphatic hydroxyl groups is 2. The van der Waals surface area contributed by atoms with Crippen molar-refractivity contribution in [3.63, 3.8) is 0 Å². The van der Waals surface area contributed by atoms with E-state index in [1.165, 1.54) is 0 Å². The molecule has 2 aliphatic heterocycles. The lowest BCUT2D eigenvalue weighted by molar-refractivity contribution is -0.189. The summed E-state index contributed by atoms with van der Waals surface area (Å²) >= 11 is 0. The van der Waals surface area contributed by atoms with E-state index in [9.17, 15) is 29.4 Å². The van der Waals surface area contributed by atoms with Crippen LogP contribution in [0, 0.1) is 0 Å². The van der Waals surface area contributed by atoms with Gasteiger partial charge in [-0.2, -0.15) is 0 Å². The van der Waals surface area contributed by atoms with Gasteiger partial charge in [-0.1, -0.05) is 61.4 Å². The van der Waals surface area contributed by atoms with Gasteiger partial charge in [0.05, 0.1) is 36.4 Å². The molecule has 0 aromatic heterocycles. The molecule has 4 N–H and O–H groups in total. The summed E-state index contributed by atoms with van der Waals surface area (Å²) in [6, 6.07) is 14.8. The molecule has 6 rings (SSSR count). The van der Waals surface area contributed by atoms with E-state index in [1.807, 2.05) is 48.5 Å². The van der Waals surface area contributed by atoms with Crippen molar-refractivity contribution in [2.24, 2.45) is 0 Å². The molecule has 12 heteroatoms. The van der Waals surface area contributed by atoms with Crippen molar-refractivity contribution in [2.45, 2.75) is 139 Å². The first kappa shape index (κ1) is 41.8. The number of amides is 2. The summed E-state index contributed by atoms with van der Waals surface area (Å²) < 4.78 is 12.1. The first-order chi connectivity index (χ1) is 26.6. The van der Waals surface area contributed by atoms with Crippen LogP contribution in [0.15, 0.2) is 48.5 Å². The maximum absolute atomic E-state index is 13.7. The highest BCUT2D eigenvalue weighted by Gasteiger charge is 2.44. The van der Waals surface area contributed by atoms with Gasteiger partial charge in [-0.15, -0.1) is 0 Å². The van der Waals surface area contributed by atoms with Crippen LogP contribution in [-0.4, -0.2) is 105 Å². The number of carbonyl (C=O) groups is 4. The standard InChI is InChI=1S/C44H62N4O8/c1-41(2,53)37-33-17-9-7-15-31(33)19-25-47(37)35(49)27-45-29-43(21-11-5-12-22-43)55-39(51)40(52)56-44(23-13-6-14-24-44)30-46-28-36(50)48-26-20-32-16-8-10-18-34(32)38(48)42(3,4)54/h7-10,15-18,37-38,45-46,53-54H,5-6,11-14,19-30H2,1-4H3. The zero-order chi connectivity index (χ0) is 40.1. The Morgan fingerprint density at radius 3 is 1.34 bits per heavy atom. The Balaban J connectivity index is 1.05. The predicted molar refractivity (Wildman–Crippen MR) is 211 cm³/mol. The minimum atomic E-state index is -1.16. The summed E-state index contributed by atoms with van der Waals surface area (Å²) in [6.07, 6.45) is 8.85. The second-order valence-corrected chi connectivity index (χ2v) is 17.7. The lowest BCUT2D eigenvalue weighted by Gasteiger charge is -2.44. The predicted octanol–water partition coefficient (Wildman–Crippen LogP) is 4.45. The van der Waals surface area contributed by atoms with Crippen molar-refractivity contribution in [1.82, 2.24) is 20.4 Å². The molecule has 2 aromatic carbocycles. The molecule has 4 aliphatic rings. The molecule has 0 bridgehead atoms. The number of fused-ring (bicyclic) bond motifs is 2. The molecule has 2 unspecified atom stereocenters. The van der Waals surface area contributed by atoms with E-state index in [0.29, 0.717) is 51.6 Å². The second kappa shape index (κ2) is 17.3. The average molecular weight is 775 g/mol. The van der Waals surface area contributed by atoms with Gasteiger partial charge in [0, 0.05) is 26.2 Å². The minimum absolute atomic E-state index is 0.00746. The van der Waals surface area contributed by atoms with E-state index >= 15 is 0 Å². The number of esters is 2. The van der Waals surface area contributed by atoms with Crippen molar-refractivity contribution < 1.29 is 38.9 Å². The van der Waals surface area contributed by atoms with Gasteiger partial charge in [0.2, 0.25) is 11.8 Å². The van der Waals surface area contributed by atoms with Crippen LogP contribution in [0.5, 0.6) is 0 Å². The molecule has 306 valence electrons. The molecule has 0 radical (unpaired) electrons. The molecule has 2 saturated carbocycles. The number of benzene rings is 2. The quantitative estimate of drug-likeness (QED) is 0.180. The van der Waals surface area contributed by atoms with E-state index in [1.54, 1.807) is 37.5 Å². The number of hydrogen-bond donors (Lipinski definition) is 4. The number of hydrogen-bond acceptors (Lipinski definition) is 10. The summed E-state index contributed by atoms with van der Waals surface area (Å²) in [7, 11) is 0. The van der Waals surface area contributed by atoms with Gasteiger partial charge >= 0.3 is 11.9 Å². The van der Waals surface area contributed by atoms with Crippen LogP contribution in [0.25, 0.3) is 0 Å². The van der Waals surface area contributed by atoms with Gasteiger partial charge in [0.15, 0.2) is 0 Å². The smallest absolute Gasteiger partial charge is 0.418 e. The molecule has 2 fully saturated rings. The molecular formula is C44H62N4O8. The second-order valence-electron chi connectivity index (χ2n) is 17.7. The molecule has 0 saturated heterocycles. The molecule has 12 nitrogen and oxygen atoms in total. The topological polar surface area (TPSA) is 158 Å². The Bertz CT molecular complexity index is 1590. The minimum Gasteiger partial charge on any atom is -0.449 e. The van der Waals surface area contributed by atoms with Gasteiger partial charge in [-0.25, -0.2) is 9.59 Å². The van der Waals surface area contributed by atoms with Gasteiger partial charge < -0.3 is 40.1 Å². The van der Waals surface area contributed by atoms with Gasteiger partial charge in [-0.3, -0.25) is 9.59 Å². The third-order valence-corrected chi connectivity index (χ3v) is 12.3. The average Bonchev–Trinajstić information content (AvgIpc) is 3.16. The number of carbonyl (C=O) groups excluding carboxylic acids is 4. The van der Waals surface area contributed by atoms with Crippen LogP contribution in [0.2, 0.25) is 0 Å². The molecular weight excluding hydrogens is 713 g/mol. The summed E-state index contributed by atoms with van der Waals surface area (Å²) in [5.74, 6) is -2.41. The van der Waals surface area contributed by atoms with Crippen LogP contribution >= 0.6 is 0 Å². The van der Waals surface area contributed by atoms with Crippen LogP contribution in [-0.2, 0) is 41.5 Å². The third-order valence-electron chi connectivity index (χ3n) is 12.3. The molecule has 2 amide bonds. The third kappa shape index (κ3) is 9.64. The fraction of sp³-hybridized carbons (Fsp3) is 0.636. The van der Waals surface area contributed by atoms with Gasteiger partial charge in [0.25, 0.3) is 0 Å². The zero-order valence-electron chi connectivity index (χ0n) is 33.7. The van der Waals surface area contributed by atoms with Crippen molar-refractivity contribution in [2.75, 3.05) is 39.3 Å². The fourth-order valence-electron chi connectivity index (χ4n) is 9.69. The van der Waals surface area contributed by atoms with E-state index in [-0.39, 0.29) is 38.0 Å². The Kier molecular flexibility index (Phi) is 12.9. The first-order valence-corrected chi connectivity index (χ1v) is 20.7.